The number of nitrogens with two attached hydrogens (primary N) is 1. The third-order valence-corrected chi connectivity index (χ3v) is 6.22. The first-order valence-electron chi connectivity index (χ1n) is 8.63. The Hall–Kier alpha value is -2.89. The van der Waals surface area contributed by atoms with E-state index in [9.17, 15) is 13.2 Å². The van der Waals surface area contributed by atoms with Crippen LogP contribution in [0.3, 0.4) is 0 Å². The molecule has 150 valence electrons. The minimum atomic E-state index is -3.70. The van der Waals surface area contributed by atoms with E-state index in [4.69, 9.17) is 9.56 Å². The van der Waals surface area contributed by atoms with Crippen molar-refractivity contribution in [1.82, 2.24) is 19.9 Å². The number of furan rings is 1. The van der Waals surface area contributed by atoms with Gasteiger partial charge in [0.15, 0.2) is 5.58 Å². The van der Waals surface area contributed by atoms with Crippen molar-refractivity contribution < 1.29 is 17.6 Å². The topological polar surface area (TPSA) is 133 Å². The predicted octanol–water partition coefficient (Wildman–Crippen LogP) is 1.57. The highest BCUT2D eigenvalue weighted by Crippen LogP contribution is 2.27. The number of hydrogen-bond donors (Lipinski definition) is 2. The number of nitrogens with one attached hydrogen (secondary N) is 1. The van der Waals surface area contributed by atoms with Crippen LogP contribution in [-0.4, -0.2) is 41.2 Å². The van der Waals surface area contributed by atoms with E-state index < -0.39 is 10.0 Å². The SMILES string of the molecule is NS(=O)(=O)c1ccc(CCNC(=O)CSc2nncn3c2cc2occc23)cc1. The van der Waals surface area contributed by atoms with Gasteiger partial charge in [-0.3, -0.25) is 9.20 Å². The Morgan fingerprint density at radius 2 is 2.00 bits per heavy atom. The minimum absolute atomic E-state index is 0.0641. The molecule has 9 nitrogen and oxygen atoms in total. The van der Waals surface area contributed by atoms with Crippen LogP contribution in [0.2, 0.25) is 0 Å². The zero-order valence-electron chi connectivity index (χ0n) is 15.1. The molecule has 0 fully saturated rings. The summed E-state index contributed by atoms with van der Waals surface area (Å²) in [6, 6.07) is 9.99. The van der Waals surface area contributed by atoms with Gasteiger partial charge in [-0.2, -0.15) is 0 Å². The standard InChI is InChI=1S/C18H17N5O4S2/c19-29(25,26)13-3-1-12(2-4-13)5-7-20-17(24)10-28-18-15-9-16-14(6-8-27-16)23(15)11-21-22-18/h1-4,6,8-9,11H,5,7,10H2,(H,20,24)(H2,19,25,26). The van der Waals surface area contributed by atoms with Gasteiger partial charge in [-0.1, -0.05) is 23.9 Å². The summed E-state index contributed by atoms with van der Waals surface area (Å²) >= 11 is 1.30. The molecule has 0 saturated carbocycles. The fourth-order valence-corrected chi connectivity index (χ4v) is 4.19. The normalized spacial score (nSPS) is 11.9. The number of hydrogen-bond acceptors (Lipinski definition) is 7. The average molecular weight is 431 g/mol. The second-order valence-electron chi connectivity index (χ2n) is 6.28. The molecule has 1 aromatic carbocycles. The average Bonchev–Trinajstić information content (AvgIpc) is 3.28. The van der Waals surface area contributed by atoms with Crippen LogP contribution in [0.15, 0.2) is 63.3 Å². The second kappa shape index (κ2) is 7.85. The summed E-state index contributed by atoms with van der Waals surface area (Å²) in [5, 5.41) is 16.7. The molecule has 0 spiro atoms. The van der Waals surface area contributed by atoms with Crippen LogP contribution in [0.4, 0.5) is 0 Å². The number of primary sulfonamides is 1. The summed E-state index contributed by atoms with van der Waals surface area (Å²) in [6.07, 6.45) is 3.80. The van der Waals surface area contributed by atoms with Gasteiger partial charge >= 0.3 is 0 Å². The van der Waals surface area contributed by atoms with Crippen LogP contribution in [0.25, 0.3) is 16.6 Å². The Labute approximate surface area is 170 Å². The van der Waals surface area contributed by atoms with Crippen LogP contribution >= 0.6 is 11.8 Å². The predicted molar refractivity (Wildman–Crippen MR) is 108 cm³/mol. The van der Waals surface area contributed by atoms with Crippen LogP contribution < -0.4 is 10.5 Å². The van der Waals surface area contributed by atoms with Gasteiger partial charge < -0.3 is 9.73 Å². The molecule has 3 heterocycles. The third kappa shape index (κ3) is 4.26. The van der Waals surface area contributed by atoms with Gasteiger partial charge in [0.05, 0.1) is 27.9 Å². The molecule has 4 rings (SSSR count). The minimum Gasteiger partial charge on any atom is -0.463 e. The van der Waals surface area contributed by atoms with E-state index in [1.807, 2.05) is 16.5 Å². The zero-order valence-corrected chi connectivity index (χ0v) is 16.7. The molecular weight excluding hydrogens is 414 g/mol. The maximum Gasteiger partial charge on any atom is 0.238 e. The monoisotopic (exact) mass is 431 g/mol. The van der Waals surface area contributed by atoms with Crippen molar-refractivity contribution in [2.45, 2.75) is 16.3 Å². The summed E-state index contributed by atoms with van der Waals surface area (Å²) in [5.41, 5.74) is 3.37. The summed E-state index contributed by atoms with van der Waals surface area (Å²) in [6.45, 7) is 0.433. The van der Waals surface area contributed by atoms with Crippen molar-refractivity contribution >= 4 is 44.3 Å². The lowest BCUT2D eigenvalue weighted by atomic mass is 10.1. The lowest BCUT2D eigenvalue weighted by molar-refractivity contribution is -0.118. The Balaban J connectivity index is 1.31. The third-order valence-electron chi connectivity index (χ3n) is 4.32. The van der Waals surface area contributed by atoms with Crippen molar-refractivity contribution in [2.24, 2.45) is 5.14 Å². The van der Waals surface area contributed by atoms with E-state index in [0.29, 0.717) is 18.0 Å². The van der Waals surface area contributed by atoms with Gasteiger partial charge in [-0.15, -0.1) is 10.2 Å². The summed E-state index contributed by atoms with van der Waals surface area (Å²) in [4.78, 5) is 12.2. The van der Waals surface area contributed by atoms with E-state index in [1.54, 1.807) is 24.7 Å². The lowest BCUT2D eigenvalue weighted by Crippen LogP contribution is -2.27. The molecule has 0 saturated heterocycles. The summed E-state index contributed by atoms with van der Waals surface area (Å²) in [7, 11) is -3.70. The fourth-order valence-electron chi connectivity index (χ4n) is 2.89. The van der Waals surface area contributed by atoms with E-state index >= 15 is 0 Å². The van der Waals surface area contributed by atoms with E-state index in [0.717, 1.165) is 22.2 Å². The molecule has 0 atom stereocenters. The van der Waals surface area contributed by atoms with Crippen LogP contribution in [0, 0.1) is 0 Å². The summed E-state index contributed by atoms with van der Waals surface area (Å²) < 4.78 is 29.8. The number of benzene rings is 1. The smallest absolute Gasteiger partial charge is 0.238 e. The summed E-state index contributed by atoms with van der Waals surface area (Å²) in [5.74, 6) is 0.0702. The quantitative estimate of drug-likeness (QED) is 0.424. The molecule has 29 heavy (non-hydrogen) atoms. The second-order valence-corrected chi connectivity index (χ2v) is 8.81. The van der Waals surface area contributed by atoms with Gasteiger partial charge in [0.2, 0.25) is 15.9 Å². The molecule has 0 aliphatic carbocycles. The molecule has 0 radical (unpaired) electrons. The van der Waals surface area contributed by atoms with Crippen molar-refractivity contribution in [3.05, 3.63) is 54.6 Å². The molecule has 0 aliphatic heterocycles. The number of carbonyl (C=O) groups excluding carboxylic acids is 1. The molecule has 0 unspecified atom stereocenters. The van der Waals surface area contributed by atoms with E-state index in [2.05, 4.69) is 15.5 Å². The molecule has 0 bridgehead atoms. The first-order valence-corrected chi connectivity index (χ1v) is 11.2. The Kier molecular flexibility index (Phi) is 5.26. The lowest BCUT2D eigenvalue weighted by Gasteiger charge is -2.06. The highest BCUT2D eigenvalue weighted by atomic mass is 32.2. The number of carbonyl (C=O) groups is 1. The van der Waals surface area contributed by atoms with E-state index in [-0.39, 0.29) is 16.6 Å². The fraction of sp³-hybridized carbons (Fsp3) is 0.167. The molecule has 4 aromatic rings. The Morgan fingerprint density at radius 1 is 1.21 bits per heavy atom. The molecule has 0 aliphatic rings. The Morgan fingerprint density at radius 3 is 2.76 bits per heavy atom. The number of rotatable bonds is 7. The zero-order chi connectivity index (χ0) is 20.4. The molecular formula is C18H17N5O4S2. The largest absolute Gasteiger partial charge is 0.463 e. The van der Waals surface area contributed by atoms with Gasteiger partial charge in [-0.25, -0.2) is 13.6 Å². The van der Waals surface area contributed by atoms with Crippen LogP contribution in [-0.2, 0) is 21.2 Å². The van der Waals surface area contributed by atoms with Crippen molar-refractivity contribution in [1.29, 1.82) is 0 Å². The maximum absolute atomic E-state index is 12.1. The Bertz CT molecular complexity index is 1280. The molecule has 1 amide bonds. The van der Waals surface area contributed by atoms with E-state index in [1.165, 1.54) is 23.9 Å². The van der Waals surface area contributed by atoms with Crippen LogP contribution in [0.1, 0.15) is 5.56 Å². The van der Waals surface area contributed by atoms with Gasteiger partial charge in [0.1, 0.15) is 11.4 Å². The highest BCUT2D eigenvalue weighted by molar-refractivity contribution is 8.00. The number of amides is 1. The number of thioether (sulfide) groups is 1. The van der Waals surface area contributed by atoms with Gasteiger partial charge in [0, 0.05) is 18.7 Å². The van der Waals surface area contributed by atoms with Gasteiger partial charge in [0.25, 0.3) is 0 Å². The highest BCUT2D eigenvalue weighted by Gasteiger charge is 2.13. The number of nitrogens with zero attached hydrogens (tertiary/aromatic N) is 3. The molecule has 3 N–H and O–H groups in total. The van der Waals surface area contributed by atoms with Crippen molar-refractivity contribution in [2.75, 3.05) is 12.3 Å². The molecule has 3 aromatic heterocycles. The maximum atomic E-state index is 12.1. The van der Waals surface area contributed by atoms with Crippen molar-refractivity contribution in [3.63, 3.8) is 0 Å². The molecule has 11 heteroatoms. The first kappa shape index (κ1) is 19.4. The van der Waals surface area contributed by atoms with Crippen molar-refractivity contribution in [3.8, 4) is 0 Å². The number of aromatic nitrogens is 3. The van der Waals surface area contributed by atoms with Gasteiger partial charge in [-0.05, 0) is 24.1 Å². The first-order chi connectivity index (χ1) is 13.9. The van der Waals surface area contributed by atoms with Crippen LogP contribution in [0.5, 0.6) is 0 Å². The number of fused-ring (bicyclic) bond motifs is 3. The number of sulfonamides is 1.